The standard InChI is InChI=1S/C27H34N4O2/c1-6-20-11-14-24(28)23(7-2)26(20)30-27(32)31(17-19-8-15-25(33-5)29-16-19)22-12-9-21(10-13-22)18(3)4/h8-16,18H,6-7,17,28H2,1-5H3,(H,30,32). The molecule has 2 aromatic carbocycles. The molecule has 1 heterocycles. The summed E-state index contributed by atoms with van der Waals surface area (Å²) < 4.78 is 5.17. The molecule has 0 unspecified atom stereocenters. The van der Waals surface area contributed by atoms with Gasteiger partial charge in [0.05, 0.1) is 19.3 Å². The Balaban J connectivity index is 1.98. The van der Waals surface area contributed by atoms with Crippen molar-refractivity contribution in [2.75, 3.05) is 23.1 Å². The first-order valence-corrected chi connectivity index (χ1v) is 11.5. The van der Waals surface area contributed by atoms with Crippen molar-refractivity contribution in [1.29, 1.82) is 0 Å². The highest BCUT2D eigenvalue weighted by molar-refractivity contribution is 6.03. The second kappa shape index (κ2) is 10.9. The molecule has 0 aliphatic rings. The van der Waals surface area contributed by atoms with Crippen molar-refractivity contribution in [3.63, 3.8) is 0 Å². The minimum Gasteiger partial charge on any atom is -0.481 e. The van der Waals surface area contributed by atoms with Crippen LogP contribution in [0, 0.1) is 0 Å². The van der Waals surface area contributed by atoms with Crippen molar-refractivity contribution in [2.45, 2.75) is 53.0 Å². The molecular weight excluding hydrogens is 412 g/mol. The summed E-state index contributed by atoms with van der Waals surface area (Å²) in [5, 5.41) is 3.16. The molecule has 0 radical (unpaired) electrons. The largest absolute Gasteiger partial charge is 0.481 e. The van der Waals surface area contributed by atoms with E-state index in [1.165, 1.54) is 5.56 Å². The van der Waals surface area contributed by atoms with E-state index in [1.54, 1.807) is 24.3 Å². The van der Waals surface area contributed by atoms with Crippen molar-refractivity contribution in [2.24, 2.45) is 0 Å². The summed E-state index contributed by atoms with van der Waals surface area (Å²) in [5.74, 6) is 0.953. The van der Waals surface area contributed by atoms with E-state index in [9.17, 15) is 4.79 Å². The van der Waals surface area contributed by atoms with Crippen LogP contribution in [0.4, 0.5) is 21.9 Å². The van der Waals surface area contributed by atoms with Crippen molar-refractivity contribution >= 4 is 23.1 Å². The van der Waals surface area contributed by atoms with E-state index in [4.69, 9.17) is 10.5 Å². The first-order valence-electron chi connectivity index (χ1n) is 11.5. The molecule has 0 atom stereocenters. The van der Waals surface area contributed by atoms with Gasteiger partial charge >= 0.3 is 6.03 Å². The maximum absolute atomic E-state index is 13.6. The number of hydrogen-bond donors (Lipinski definition) is 2. The van der Waals surface area contributed by atoms with E-state index in [0.29, 0.717) is 24.0 Å². The third-order valence-electron chi connectivity index (χ3n) is 5.87. The minimum absolute atomic E-state index is 0.210. The Morgan fingerprint density at radius 3 is 2.33 bits per heavy atom. The number of ether oxygens (including phenoxy) is 1. The number of nitrogens with zero attached hydrogens (tertiary/aromatic N) is 2. The number of aromatic nitrogens is 1. The Morgan fingerprint density at radius 1 is 1.06 bits per heavy atom. The smallest absolute Gasteiger partial charge is 0.326 e. The minimum atomic E-state index is -0.210. The molecule has 3 N–H and O–H groups in total. The molecule has 0 aliphatic carbocycles. The molecule has 6 heteroatoms. The van der Waals surface area contributed by atoms with E-state index in [2.05, 4.69) is 43.2 Å². The molecule has 0 spiro atoms. The Labute approximate surface area is 196 Å². The first-order chi connectivity index (χ1) is 15.9. The number of carbonyl (C=O) groups is 1. The number of methoxy groups -OCH3 is 1. The summed E-state index contributed by atoms with van der Waals surface area (Å²) in [7, 11) is 1.58. The summed E-state index contributed by atoms with van der Waals surface area (Å²) in [6.07, 6.45) is 3.27. The predicted molar refractivity (Wildman–Crippen MR) is 136 cm³/mol. The van der Waals surface area contributed by atoms with Crippen LogP contribution in [0.15, 0.2) is 54.7 Å². The van der Waals surface area contributed by atoms with Gasteiger partial charge in [0.25, 0.3) is 0 Å². The number of benzene rings is 2. The van der Waals surface area contributed by atoms with Crippen LogP contribution in [-0.4, -0.2) is 18.1 Å². The number of nitrogens with one attached hydrogen (secondary N) is 1. The third-order valence-corrected chi connectivity index (χ3v) is 5.87. The summed E-state index contributed by atoms with van der Waals surface area (Å²) in [6.45, 7) is 8.80. The number of nitrogens with two attached hydrogens (primary N) is 1. The molecule has 3 aromatic rings. The van der Waals surface area contributed by atoms with Crippen molar-refractivity contribution in [1.82, 2.24) is 4.98 Å². The molecule has 0 saturated heterocycles. The second-order valence-corrected chi connectivity index (χ2v) is 8.35. The number of carbonyl (C=O) groups excluding carboxylic acids is 1. The van der Waals surface area contributed by atoms with Gasteiger partial charge in [-0.2, -0.15) is 0 Å². The molecule has 0 fully saturated rings. The second-order valence-electron chi connectivity index (χ2n) is 8.35. The molecule has 1 aromatic heterocycles. The number of hydrogen-bond acceptors (Lipinski definition) is 4. The van der Waals surface area contributed by atoms with Crippen LogP contribution in [0.1, 0.15) is 55.9 Å². The SMILES string of the molecule is CCc1ccc(N)c(CC)c1NC(=O)N(Cc1ccc(OC)nc1)c1ccc(C(C)C)cc1. The predicted octanol–water partition coefficient (Wildman–Crippen LogP) is 6.16. The van der Waals surface area contributed by atoms with Gasteiger partial charge in [-0.1, -0.05) is 52.0 Å². The van der Waals surface area contributed by atoms with Crippen molar-refractivity contribution in [3.8, 4) is 5.88 Å². The third kappa shape index (κ3) is 5.64. The fourth-order valence-electron chi connectivity index (χ4n) is 3.85. The lowest BCUT2D eigenvalue weighted by Gasteiger charge is -2.26. The maximum atomic E-state index is 13.6. The van der Waals surface area contributed by atoms with Gasteiger partial charge in [0.15, 0.2) is 0 Å². The van der Waals surface area contributed by atoms with Gasteiger partial charge in [-0.3, -0.25) is 4.90 Å². The van der Waals surface area contributed by atoms with Gasteiger partial charge in [-0.25, -0.2) is 9.78 Å². The fourth-order valence-corrected chi connectivity index (χ4v) is 3.85. The zero-order valence-corrected chi connectivity index (χ0v) is 20.2. The summed E-state index contributed by atoms with van der Waals surface area (Å²) in [5.41, 5.74) is 12.7. The van der Waals surface area contributed by atoms with Gasteiger partial charge in [0.1, 0.15) is 0 Å². The highest BCUT2D eigenvalue weighted by atomic mass is 16.5. The Kier molecular flexibility index (Phi) is 7.93. The van der Waals surface area contributed by atoms with Gasteiger partial charge in [-0.05, 0) is 59.2 Å². The molecule has 0 aliphatic heterocycles. The van der Waals surface area contributed by atoms with Crippen LogP contribution in [-0.2, 0) is 19.4 Å². The molecule has 6 nitrogen and oxygen atoms in total. The number of aryl methyl sites for hydroxylation is 1. The van der Waals surface area contributed by atoms with E-state index in [0.717, 1.165) is 40.9 Å². The Bertz CT molecular complexity index is 1080. The van der Waals surface area contributed by atoms with Gasteiger partial charge in [0.2, 0.25) is 5.88 Å². The maximum Gasteiger partial charge on any atom is 0.326 e. The van der Waals surface area contributed by atoms with Crippen LogP contribution < -0.4 is 20.7 Å². The molecule has 33 heavy (non-hydrogen) atoms. The van der Waals surface area contributed by atoms with Crippen LogP contribution in [0.2, 0.25) is 0 Å². The summed E-state index contributed by atoms with van der Waals surface area (Å²) in [6, 6.07) is 15.5. The van der Waals surface area contributed by atoms with Crippen molar-refractivity contribution < 1.29 is 9.53 Å². The Morgan fingerprint density at radius 2 is 1.79 bits per heavy atom. The summed E-state index contributed by atoms with van der Waals surface area (Å²) >= 11 is 0. The molecule has 0 saturated carbocycles. The zero-order chi connectivity index (χ0) is 24.0. The topological polar surface area (TPSA) is 80.5 Å². The van der Waals surface area contributed by atoms with Crippen LogP contribution >= 0.6 is 0 Å². The van der Waals surface area contributed by atoms with Crippen LogP contribution in [0.3, 0.4) is 0 Å². The number of pyridine rings is 1. The van der Waals surface area contributed by atoms with E-state index in [-0.39, 0.29) is 6.03 Å². The fraction of sp³-hybridized carbons (Fsp3) is 0.333. The quantitative estimate of drug-likeness (QED) is 0.406. The Hall–Kier alpha value is -3.54. The number of rotatable bonds is 8. The molecule has 0 bridgehead atoms. The average Bonchev–Trinajstić information content (AvgIpc) is 2.83. The van der Waals surface area contributed by atoms with Gasteiger partial charge in [-0.15, -0.1) is 0 Å². The number of anilines is 3. The van der Waals surface area contributed by atoms with Gasteiger partial charge in [0, 0.05) is 23.6 Å². The number of nitrogen functional groups attached to an aromatic ring is 1. The van der Waals surface area contributed by atoms with Crippen LogP contribution in [0.5, 0.6) is 5.88 Å². The lowest BCUT2D eigenvalue weighted by atomic mass is 10.0. The highest BCUT2D eigenvalue weighted by Crippen LogP contribution is 2.29. The van der Waals surface area contributed by atoms with Crippen LogP contribution in [0.25, 0.3) is 0 Å². The number of urea groups is 1. The lowest BCUT2D eigenvalue weighted by Crippen LogP contribution is -2.35. The first kappa shape index (κ1) is 24.1. The molecular formula is C27H34N4O2. The van der Waals surface area contributed by atoms with E-state index < -0.39 is 0 Å². The normalized spacial score (nSPS) is 10.8. The monoisotopic (exact) mass is 446 g/mol. The molecule has 2 amide bonds. The van der Waals surface area contributed by atoms with E-state index >= 15 is 0 Å². The highest BCUT2D eigenvalue weighted by Gasteiger charge is 2.20. The van der Waals surface area contributed by atoms with E-state index in [1.807, 2.05) is 37.3 Å². The van der Waals surface area contributed by atoms with Crippen molar-refractivity contribution in [3.05, 3.63) is 77.0 Å². The van der Waals surface area contributed by atoms with Gasteiger partial charge < -0.3 is 15.8 Å². The number of amides is 2. The molecule has 3 rings (SSSR count). The average molecular weight is 447 g/mol. The zero-order valence-electron chi connectivity index (χ0n) is 20.2. The lowest BCUT2D eigenvalue weighted by molar-refractivity contribution is 0.256. The summed E-state index contributed by atoms with van der Waals surface area (Å²) in [4.78, 5) is 19.7. The molecule has 174 valence electrons.